The lowest BCUT2D eigenvalue weighted by Gasteiger charge is -2.26. The number of rotatable bonds is 2. The van der Waals surface area contributed by atoms with Gasteiger partial charge < -0.3 is 10.5 Å². The largest absolute Gasteiger partial charge is 0.377 e. The summed E-state index contributed by atoms with van der Waals surface area (Å²) in [6.07, 6.45) is 3.93. The molecule has 2 heterocycles. The number of aromatic nitrogens is 1. The molecule has 14 heavy (non-hydrogen) atoms. The Morgan fingerprint density at radius 1 is 1.79 bits per heavy atom. The Kier molecular flexibility index (Phi) is 2.60. The number of thiazole rings is 1. The first-order valence-electron chi connectivity index (χ1n) is 4.92. The quantitative estimate of drug-likeness (QED) is 0.808. The zero-order valence-corrected chi connectivity index (χ0v) is 9.43. The van der Waals surface area contributed by atoms with Gasteiger partial charge in [0.2, 0.25) is 0 Å². The van der Waals surface area contributed by atoms with Gasteiger partial charge in [0, 0.05) is 29.6 Å². The molecule has 0 aliphatic carbocycles. The van der Waals surface area contributed by atoms with E-state index in [1.54, 1.807) is 11.3 Å². The predicted octanol–water partition coefficient (Wildman–Crippen LogP) is 1.50. The summed E-state index contributed by atoms with van der Waals surface area (Å²) >= 11 is 1.73. The van der Waals surface area contributed by atoms with E-state index in [4.69, 9.17) is 10.5 Å². The van der Waals surface area contributed by atoms with Gasteiger partial charge in [-0.1, -0.05) is 0 Å². The molecule has 78 valence electrons. The summed E-state index contributed by atoms with van der Waals surface area (Å²) in [5, 5.41) is 1.11. The molecule has 2 atom stereocenters. The summed E-state index contributed by atoms with van der Waals surface area (Å²) in [6, 6.07) is 0. The Morgan fingerprint density at radius 2 is 2.57 bits per heavy atom. The van der Waals surface area contributed by atoms with Crippen molar-refractivity contribution in [2.45, 2.75) is 38.3 Å². The lowest BCUT2D eigenvalue weighted by molar-refractivity contribution is 0.0957. The van der Waals surface area contributed by atoms with Crippen molar-refractivity contribution in [1.82, 2.24) is 4.98 Å². The van der Waals surface area contributed by atoms with Crippen molar-refractivity contribution in [2.24, 2.45) is 5.73 Å². The molecule has 3 nitrogen and oxygen atoms in total. The Bertz CT molecular complexity index is 326. The molecule has 0 spiro atoms. The second-order valence-corrected chi connectivity index (χ2v) is 5.34. The Labute approximate surface area is 88.3 Å². The van der Waals surface area contributed by atoms with Gasteiger partial charge >= 0.3 is 0 Å². The highest BCUT2D eigenvalue weighted by Gasteiger charge is 2.38. The smallest absolute Gasteiger partial charge is 0.0896 e. The minimum absolute atomic E-state index is 0.157. The van der Waals surface area contributed by atoms with Crippen LogP contribution in [-0.2, 0) is 11.2 Å². The van der Waals surface area contributed by atoms with Crippen LogP contribution in [0.5, 0.6) is 0 Å². The van der Waals surface area contributed by atoms with Crippen molar-refractivity contribution in [3.05, 3.63) is 16.1 Å². The van der Waals surface area contributed by atoms with Gasteiger partial charge in [0.25, 0.3) is 0 Å². The second-order valence-electron chi connectivity index (χ2n) is 4.02. The number of nitrogens with zero attached hydrogens (tertiary/aromatic N) is 1. The zero-order chi connectivity index (χ0) is 10.2. The summed E-state index contributed by atoms with van der Waals surface area (Å²) in [5.74, 6) is 0. The molecule has 2 N–H and O–H groups in total. The van der Waals surface area contributed by atoms with E-state index >= 15 is 0 Å². The topological polar surface area (TPSA) is 48.1 Å². The molecule has 0 amide bonds. The van der Waals surface area contributed by atoms with Gasteiger partial charge in [-0.05, 0) is 20.3 Å². The molecule has 4 heteroatoms. The van der Waals surface area contributed by atoms with Gasteiger partial charge in [-0.25, -0.2) is 4.98 Å². The maximum absolute atomic E-state index is 6.30. The molecule has 1 aliphatic rings. The average Bonchev–Trinajstić information content (AvgIpc) is 2.62. The minimum Gasteiger partial charge on any atom is -0.377 e. The third-order valence-electron chi connectivity index (χ3n) is 2.92. The first kappa shape index (κ1) is 10.1. The Hall–Kier alpha value is -0.450. The molecule has 0 aromatic carbocycles. The Morgan fingerprint density at radius 3 is 3.07 bits per heavy atom. The van der Waals surface area contributed by atoms with Crippen molar-refractivity contribution in [2.75, 3.05) is 6.61 Å². The van der Waals surface area contributed by atoms with E-state index < -0.39 is 0 Å². The standard InChI is InChI=1S/C10H16N2OS/c1-7-10(11,3-4-13-7)5-9-6-12-8(2)14-9/h6-7H,3-5,11H2,1-2H3. The molecular formula is C10H16N2OS. The normalized spacial score (nSPS) is 32.4. The number of aryl methyl sites for hydroxylation is 1. The molecule has 0 bridgehead atoms. The lowest BCUT2D eigenvalue weighted by atomic mass is 9.89. The fourth-order valence-corrected chi connectivity index (χ4v) is 2.77. The van der Waals surface area contributed by atoms with Crippen LogP contribution < -0.4 is 5.73 Å². The van der Waals surface area contributed by atoms with Crippen LogP contribution in [0, 0.1) is 6.92 Å². The van der Waals surface area contributed by atoms with Gasteiger partial charge in [0.05, 0.1) is 11.1 Å². The predicted molar refractivity (Wildman–Crippen MR) is 57.5 cm³/mol. The molecule has 1 aliphatic heterocycles. The second kappa shape index (κ2) is 3.61. The number of ether oxygens (including phenoxy) is 1. The van der Waals surface area contributed by atoms with Crippen molar-refractivity contribution in [3.8, 4) is 0 Å². The highest BCUT2D eigenvalue weighted by Crippen LogP contribution is 2.28. The van der Waals surface area contributed by atoms with Crippen molar-refractivity contribution >= 4 is 11.3 Å². The van der Waals surface area contributed by atoms with Crippen molar-refractivity contribution in [1.29, 1.82) is 0 Å². The fourth-order valence-electron chi connectivity index (χ4n) is 1.84. The summed E-state index contributed by atoms with van der Waals surface area (Å²) in [5.41, 5.74) is 6.12. The van der Waals surface area contributed by atoms with Crippen LogP contribution in [0.1, 0.15) is 23.2 Å². The molecular weight excluding hydrogens is 196 g/mol. The molecule has 1 aromatic heterocycles. The van der Waals surface area contributed by atoms with E-state index in [9.17, 15) is 0 Å². The van der Waals surface area contributed by atoms with Gasteiger partial charge in [0.1, 0.15) is 0 Å². The van der Waals surface area contributed by atoms with Crippen LogP contribution in [0.3, 0.4) is 0 Å². The molecule has 0 saturated carbocycles. The third-order valence-corrected chi connectivity index (χ3v) is 3.83. The van der Waals surface area contributed by atoms with Gasteiger partial charge in [-0.2, -0.15) is 0 Å². The number of hydrogen-bond donors (Lipinski definition) is 1. The highest BCUT2D eigenvalue weighted by molar-refractivity contribution is 7.11. The maximum Gasteiger partial charge on any atom is 0.0896 e. The third kappa shape index (κ3) is 1.82. The van der Waals surface area contributed by atoms with E-state index in [-0.39, 0.29) is 11.6 Å². The monoisotopic (exact) mass is 212 g/mol. The average molecular weight is 212 g/mol. The van der Waals surface area contributed by atoms with E-state index in [0.29, 0.717) is 0 Å². The van der Waals surface area contributed by atoms with Gasteiger partial charge in [-0.3, -0.25) is 0 Å². The van der Waals surface area contributed by atoms with Crippen molar-refractivity contribution < 1.29 is 4.74 Å². The fraction of sp³-hybridized carbons (Fsp3) is 0.700. The summed E-state index contributed by atoms with van der Waals surface area (Å²) < 4.78 is 5.51. The summed E-state index contributed by atoms with van der Waals surface area (Å²) in [4.78, 5) is 5.50. The van der Waals surface area contributed by atoms with Crippen LogP contribution in [0.4, 0.5) is 0 Å². The van der Waals surface area contributed by atoms with Crippen LogP contribution in [0.15, 0.2) is 6.20 Å². The van der Waals surface area contributed by atoms with Crippen LogP contribution >= 0.6 is 11.3 Å². The van der Waals surface area contributed by atoms with Gasteiger partial charge in [0.15, 0.2) is 0 Å². The molecule has 2 unspecified atom stereocenters. The lowest BCUT2D eigenvalue weighted by Crippen LogP contribution is -2.47. The Balaban J connectivity index is 2.10. The first-order valence-corrected chi connectivity index (χ1v) is 5.73. The maximum atomic E-state index is 6.30. The zero-order valence-electron chi connectivity index (χ0n) is 8.62. The van der Waals surface area contributed by atoms with E-state index in [0.717, 1.165) is 24.5 Å². The van der Waals surface area contributed by atoms with Crippen LogP contribution in [0.2, 0.25) is 0 Å². The number of nitrogens with two attached hydrogens (primary N) is 1. The highest BCUT2D eigenvalue weighted by atomic mass is 32.1. The van der Waals surface area contributed by atoms with E-state index in [1.165, 1.54) is 4.88 Å². The molecule has 1 fully saturated rings. The SMILES string of the molecule is Cc1ncc(CC2(N)CCOC2C)s1. The molecule has 0 radical (unpaired) electrons. The first-order chi connectivity index (χ1) is 6.60. The van der Waals surface area contributed by atoms with Crippen LogP contribution in [-0.4, -0.2) is 23.2 Å². The van der Waals surface area contributed by atoms with Gasteiger partial charge in [-0.15, -0.1) is 11.3 Å². The number of hydrogen-bond acceptors (Lipinski definition) is 4. The minimum atomic E-state index is -0.182. The summed E-state index contributed by atoms with van der Waals surface area (Å²) in [7, 11) is 0. The summed E-state index contributed by atoms with van der Waals surface area (Å²) in [6.45, 7) is 4.86. The van der Waals surface area contributed by atoms with Crippen molar-refractivity contribution in [3.63, 3.8) is 0 Å². The molecule has 2 rings (SSSR count). The molecule has 1 saturated heterocycles. The molecule has 1 aromatic rings. The van der Waals surface area contributed by atoms with E-state index in [2.05, 4.69) is 11.9 Å². The van der Waals surface area contributed by atoms with Crippen LogP contribution in [0.25, 0.3) is 0 Å². The van der Waals surface area contributed by atoms with E-state index in [1.807, 2.05) is 13.1 Å².